The molecule has 2 unspecified atom stereocenters. The zero-order valence-electron chi connectivity index (χ0n) is 10.7. The Hall–Kier alpha value is -1.10. The van der Waals surface area contributed by atoms with Crippen molar-refractivity contribution >= 4 is 0 Å². The molecule has 0 aliphatic heterocycles. The third-order valence-electron chi connectivity index (χ3n) is 3.71. The minimum absolute atomic E-state index is 0.0485. The maximum atomic E-state index is 10.4. The Bertz CT molecular complexity index is 420. The number of aliphatic hydroxyl groups is 2. The van der Waals surface area contributed by atoms with Gasteiger partial charge in [0.15, 0.2) is 0 Å². The summed E-state index contributed by atoms with van der Waals surface area (Å²) in [6, 6.07) is 3.37. The molecule has 2 rings (SSSR count). The topological polar surface area (TPSA) is 72.7 Å². The molecule has 100 valence electrons. The maximum Gasteiger partial charge on any atom is 0.121 e. The number of aromatic hydroxyl groups is 1. The predicted molar refractivity (Wildman–Crippen MR) is 69.4 cm³/mol. The lowest BCUT2D eigenvalue weighted by Gasteiger charge is -2.23. The van der Waals surface area contributed by atoms with Crippen LogP contribution in [0.25, 0.3) is 0 Å². The largest absolute Gasteiger partial charge is 0.508 e. The normalized spacial score (nSPS) is 23.5. The van der Waals surface area contributed by atoms with Crippen LogP contribution < -0.4 is 5.32 Å². The molecule has 4 heteroatoms. The van der Waals surface area contributed by atoms with Gasteiger partial charge in [-0.15, -0.1) is 0 Å². The van der Waals surface area contributed by atoms with Gasteiger partial charge in [0.1, 0.15) is 5.75 Å². The molecule has 0 saturated carbocycles. The van der Waals surface area contributed by atoms with Crippen LogP contribution in [0.4, 0.5) is 0 Å². The van der Waals surface area contributed by atoms with Crippen molar-refractivity contribution in [3.8, 4) is 5.75 Å². The summed E-state index contributed by atoms with van der Waals surface area (Å²) in [5.74, 6) is 0.116. The van der Waals surface area contributed by atoms with E-state index in [9.17, 15) is 15.3 Å². The van der Waals surface area contributed by atoms with E-state index in [1.807, 2.05) is 6.92 Å². The summed E-state index contributed by atoms with van der Waals surface area (Å²) < 4.78 is 0. The van der Waals surface area contributed by atoms with Gasteiger partial charge >= 0.3 is 0 Å². The van der Waals surface area contributed by atoms with Gasteiger partial charge in [-0.25, -0.2) is 0 Å². The van der Waals surface area contributed by atoms with Crippen molar-refractivity contribution in [2.75, 3.05) is 6.54 Å². The van der Waals surface area contributed by atoms with Crippen LogP contribution in [0.15, 0.2) is 12.1 Å². The average molecular weight is 251 g/mol. The Balaban J connectivity index is 2.41. The molecule has 0 aromatic heterocycles. The number of benzene rings is 1. The Morgan fingerprint density at radius 1 is 1.39 bits per heavy atom. The van der Waals surface area contributed by atoms with Crippen LogP contribution in [0.5, 0.6) is 5.75 Å². The zero-order valence-corrected chi connectivity index (χ0v) is 10.7. The van der Waals surface area contributed by atoms with Crippen molar-refractivity contribution in [2.45, 2.75) is 44.9 Å². The average Bonchev–Trinajstić information content (AvgIpc) is 2.51. The fraction of sp³-hybridized carbons (Fsp3) is 0.571. The molecule has 1 aliphatic carbocycles. The van der Waals surface area contributed by atoms with Gasteiger partial charge in [-0.05, 0) is 43.0 Å². The van der Waals surface area contributed by atoms with Crippen LogP contribution in [0, 0.1) is 0 Å². The summed E-state index contributed by atoms with van der Waals surface area (Å²) >= 11 is 0. The standard InChI is InChI=1S/C14H21NO3/c1-2-15-12-5-3-4-9-10(14(12)18)6-7-13(17)11(9)8-16/h6-7,12,14-18H,2-5,8H2,1H3. The molecular formula is C14H21NO3. The van der Waals surface area contributed by atoms with Crippen LogP contribution in [-0.4, -0.2) is 27.9 Å². The lowest BCUT2D eigenvalue weighted by atomic mass is 9.94. The van der Waals surface area contributed by atoms with E-state index < -0.39 is 6.10 Å². The highest BCUT2D eigenvalue weighted by Gasteiger charge is 2.27. The molecule has 0 saturated heterocycles. The lowest BCUT2D eigenvalue weighted by Crippen LogP contribution is -2.34. The molecule has 4 N–H and O–H groups in total. The Morgan fingerprint density at radius 3 is 2.83 bits per heavy atom. The van der Waals surface area contributed by atoms with E-state index in [2.05, 4.69) is 5.32 Å². The number of hydrogen-bond donors (Lipinski definition) is 4. The van der Waals surface area contributed by atoms with Gasteiger partial charge in [-0.2, -0.15) is 0 Å². The number of nitrogens with one attached hydrogen (secondary N) is 1. The molecule has 0 bridgehead atoms. The van der Waals surface area contributed by atoms with Gasteiger partial charge < -0.3 is 20.6 Å². The number of phenols is 1. The molecule has 4 nitrogen and oxygen atoms in total. The molecule has 1 aromatic rings. The maximum absolute atomic E-state index is 10.4. The van der Waals surface area contributed by atoms with Crippen molar-refractivity contribution in [3.63, 3.8) is 0 Å². The number of rotatable bonds is 3. The van der Waals surface area contributed by atoms with E-state index in [1.165, 1.54) is 0 Å². The minimum atomic E-state index is -0.576. The van der Waals surface area contributed by atoms with Crippen LogP contribution >= 0.6 is 0 Å². The highest BCUT2D eigenvalue weighted by atomic mass is 16.3. The third-order valence-corrected chi connectivity index (χ3v) is 3.71. The highest BCUT2D eigenvalue weighted by Crippen LogP contribution is 2.34. The van der Waals surface area contributed by atoms with Gasteiger partial charge in [0.25, 0.3) is 0 Å². The molecule has 0 heterocycles. The summed E-state index contributed by atoms with van der Waals surface area (Å²) in [6.45, 7) is 2.66. The van der Waals surface area contributed by atoms with Crippen molar-refractivity contribution in [3.05, 3.63) is 28.8 Å². The smallest absolute Gasteiger partial charge is 0.121 e. The first-order valence-electron chi connectivity index (χ1n) is 6.55. The molecule has 0 spiro atoms. The second-order valence-corrected chi connectivity index (χ2v) is 4.79. The molecule has 1 aliphatic rings. The van der Waals surface area contributed by atoms with E-state index >= 15 is 0 Å². The quantitative estimate of drug-likeness (QED) is 0.610. The van der Waals surface area contributed by atoms with Crippen LogP contribution in [0.2, 0.25) is 0 Å². The molecule has 0 radical (unpaired) electrons. The third kappa shape index (κ3) is 2.36. The van der Waals surface area contributed by atoms with Crippen molar-refractivity contribution in [2.24, 2.45) is 0 Å². The Kier molecular flexibility index (Phi) is 4.22. The van der Waals surface area contributed by atoms with Gasteiger partial charge in [0.2, 0.25) is 0 Å². The molecule has 0 fully saturated rings. The van der Waals surface area contributed by atoms with E-state index in [1.54, 1.807) is 12.1 Å². The second-order valence-electron chi connectivity index (χ2n) is 4.79. The van der Waals surface area contributed by atoms with Gasteiger partial charge in [-0.3, -0.25) is 0 Å². The molecular weight excluding hydrogens is 230 g/mol. The lowest BCUT2D eigenvalue weighted by molar-refractivity contribution is 0.126. The van der Waals surface area contributed by atoms with E-state index in [0.717, 1.165) is 36.9 Å². The minimum Gasteiger partial charge on any atom is -0.508 e. The monoisotopic (exact) mass is 251 g/mol. The summed E-state index contributed by atoms with van der Waals surface area (Å²) in [7, 11) is 0. The fourth-order valence-corrected chi connectivity index (χ4v) is 2.80. The van der Waals surface area contributed by atoms with Crippen molar-refractivity contribution in [1.29, 1.82) is 0 Å². The van der Waals surface area contributed by atoms with Crippen molar-refractivity contribution < 1.29 is 15.3 Å². The van der Waals surface area contributed by atoms with Crippen LogP contribution in [-0.2, 0) is 13.0 Å². The predicted octanol–water partition coefficient (Wildman–Crippen LogP) is 1.23. The number of hydrogen-bond acceptors (Lipinski definition) is 4. The van der Waals surface area contributed by atoms with Gasteiger partial charge in [0.05, 0.1) is 12.7 Å². The summed E-state index contributed by atoms with van der Waals surface area (Å²) in [5, 5.41) is 32.8. The highest BCUT2D eigenvalue weighted by molar-refractivity contribution is 5.46. The second kappa shape index (κ2) is 5.69. The Labute approximate surface area is 107 Å². The Morgan fingerprint density at radius 2 is 2.17 bits per heavy atom. The number of aliphatic hydroxyl groups excluding tert-OH is 2. The summed E-state index contributed by atoms with van der Waals surface area (Å²) in [4.78, 5) is 0. The molecule has 1 aromatic carbocycles. The summed E-state index contributed by atoms with van der Waals surface area (Å²) in [5.41, 5.74) is 2.30. The first-order chi connectivity index (χ1) is 8.69. The van der Waals surface area contributed by atoms with Crippen molar-refractivity contribution in [1.82, 2.24) is 5.32 Å². The summed E-state index contributed by atoms with van der Waals surface area (Å²) in [6.07, 6.45) is 2.06. The van der Waals surface area contributed by atoms with Gasteiger partial charge in [-0.1, -0.05) is 13.0 Å². The van der Waals surface area contributed by atoms with Gasteiger partial charge in [0, 0.05) is 11.6 Å². The van der Waals surface area contributed by atoms with Crippen LogP contribution in [0.3, 0.4) is 0 Å². The zero-order chi connectivity index (χ0) is 13.1. The first kappa shape index (κ1) is 13.3. The first-order valence-corrected chi connectivity index (χ1v) is 6.55. The van der Waals surface area contributed by atoms with Crippen LogP contribution in [0.1, 0.15) is 42.6 Å². The van der Waals surface area contributed by atoms with E-state index in [0.29, 0.717) is 5.56 Å². The number of fused-ring (bicyclic) bond motifs is 1. The molecule has 2 atom stereocenters. The van der Waals surface area contributed by atoms with E-state index in [-0.39, 0.29) is 18.4 Å². The number of likely N-dealkylation sites (N-methyl/N-ethyl adjacent to an activating group) is 1. The fourth-order valence-electron chi connectivity index (χ4n) is 2.80. The molecule has 0 amide bonds. The SMILES string of the molecule is CCNC1CCCc2c(ccc(O)c2CO)C1O. The molecule has 18 heavy (non-hydrogen) atoms. The van der Waals surface area contributed by atoms with E-state index in [4.69, 9.17) is 0 Å².